The van der Waals surface area contributed by atoms with E-state index in [2.05, 4.69) is 75.1 Å². The summed E-state index contributed by atoms with van der Waals surface area (Å²) in [6.45, 7) is 31.0. The summed E-state index contributed by atoms with van der Waals surface area (Å²) in [5.74, 6) is 0.714. The lowest BCUT2D eigenvalue weighted by Crippen LogP contribution is -2.44. The average molecular weight is 1460 g/mol. The SMILES string of the molecule is CCOC(=O)C1(COc2cc(C)c(-c3ccc(-c4nc(C(F)(F)F)cn4COCC[Si](C)(C)C)c(Cl)c3)cn2)CCC1.CCOC(=O)C1(COc2cc(C)c(B3OC(C)(C)C(C)(C)O3)cn2)CCC1.C[Si](C)(C)CCOCn1cc(C(F)(F)F)nc1-c1ccc(Br)cc1Cl. The first-order chi connectivity index (χ1) is 43.8. The Morgan fingerprint density at radius 3 is 1.43 bits per heavy atom. The number of carbonyl (C=O) groups is 2. The fraction of sp³-hybridized carbons (Fsp3) is 0.545. The average Bonchev–Trinajstić information content (AvgIpc) is 1.56. The van der Waals surface area contributed by atoms with Gasteiger partial charge in [0, 0.05) is 92.9 Å². The van der Waals surface area contributed by atoms with E-state index in [4.69, 9.17) is 60.9 Å². The molecule has 0 amide bonds. The molecule has 9 rings (SSSR count). The van der Waals surface area contributed by atoms with Crippen LogP contribution in [0.1, 0.15) is 103 Å². The van der Waals surface area contributed by atoms with Crippen molar-refractivity contribution in [2.45, 2.75) is 182 Å². The number of rotatable bonds is 24. The Bertz CT molecular complexity index is 3580. The van der Waals surface area contributed by atoms with Crippen molar-refractivity contribution in [2.75, 3.05) is 39.6 Å². The lowest BCUT2D eigenvalue weighted by Gasteiger charge is -2.38. The molecule has 0 N–H and O–H groups in total. The second-order valence-electron chi connectivity index (χ2n) is 27.4. The number of nitrogens with zero attached hydrogens (tertiary/aromatic N) is 6. The van der Waals surface area contributed by atoms with E-state index >= 15 is 0 Å². The van der Waals surface area contributed by atoms with Crippen LogP contribution in [0.25, 0.3) is 33.9 Å². The highest BCUT2D eigenvalue weighted by atomic mass is 79.9. The fourth-order valence-corrected chi connectivity index (χ4v) is 12.6. The van der Waals surface area contributed by atoms with E-state index in [1.54, 1.807) is 61.8 Å². The summed E-state index contributed by atoms with van der Waals surface area (Å²) in [6.07, 6.45) is 1.21. The molecule has 28 heteroatoms. The molecule has 0 radical (unpaired) electrons. The van der Waals surface area contributed by atoms with Crippen LogP contribution < -0.4 is 14.9 Å². The Morgan fingerprint density at radius 2 is 1.05 bits per heavy atom. The molecule has 94 heavy (non-hydrogen) atoms. The van der Waals surface area contributed by atoms with Crippen LogP contribution >= 0.6 is 39.1 Å². The van der Waals surface area contributed by atoms with Crippen LogP contribution in [0.2, 0.25) is 61.4 Å². The summed E-state index contributed by atoms with van der Waals surface area (Å²) in [5.41, 5.74) is 1.15. The van der Waals surface area contributed by atoms with Crippen molar-refractivity contribution in [3.05, 3.63) is 110 Å². The van der Waals surface area contributed by atoms with Crippen LogP contribution in [-0.2, 0) is 63.7 Å². The largest absolute Gasteiger partial charge is 0.496 e. The third-order valence-electron chi connectivity index (χ3n) is 17.0. The number of imidazole rings is 2. The minimum absolute atomic E-state index is 0.00468. The molecule has 3 fully saturated rings. The van der Waals surface area contributed by atoms with Gasteiger partial charge in [0.25, 0.3) is 0 Å². The quantitative estimate of drug-likeness (QED) is 0.0243. The summed E-state index contributed by atoms with van der Waals surface area (Å²) >= 11 is 16.1. The van der Waals surface area contributed by atoms with E-state index in [9.17, 15) is 35.9 Å². The second-order valence-corrected chi connectivity index (χ2v) is 40.4. The molecule has 1 saturated heterocycles. The summed E-state index contributed by atoms with van der Waals surface area (Å²) in [6, 6.07) is 15.6. The maximum Gasteiger partial charge on any atom is 0.496 e. The van der Waals surface area contributed by atoms with E-state index in [1.165, 1.54) is 9.13 Å². The Morgan fingerprint density at radius 1 is 0.628 bits per heavy atom. The lowest BCUT2D eigenvalue weighted by molar-refractivity contribution is -0.164. The molecule has 5 heterocycles. The highest BCUT2D eigenvalue weighted by molar-refractivity contribution is 9.10. The van der Waals surface area contributed by atoms with E-state index < -0.39 is 69.0 Å². The van der Waals surface area contributed by atoms with Gasteiger partial charge in [-0.25, -0.2) is 19.9 Å². The molecule has 16 nitrogen and oxygen atoms in total. The molecule has 1 aliphatic heterocycles. The van der Waals surface area contributed by atoms with E-state index in [-0.39, 0.29) is 48.7 Å². The zero-order chi connectivity index (χ0) is 69.4. The highest BCUT2D eigenvalue weighted by Gasteiger charge is 2.53. The molecular formula is C66H86BBrCl2F6N6O10Si2. The maximum atomic E-state index is 13.5. The number of halogens is 9. The van der Waals surface area contributed by atoms with E-state index in [0.29, 0.717) is 60.9 Å². The predicted octanol–water partition coefficient (Wildman–Crippen LogP) is 17.1. The molecule has 3 aliphatic rings. The lowest BCUT2D eigenvalue weighted by atomic mass is 9.69. The van der Waals surface area contributed by atoms with Gasteiger partial charge in [-0.2, -0.15) is 26.3 Å². The van der Waals surface area contributed by atoms with Crippen molar-refractivity contribution < 1.29 is 73.7 Å². The molecule has 2 aliphatic carbocycles. The molecule has 0 atom stereocenters. The van der Waals surface area contributed by atoms with Crippen LogP contribution in [0.15, 0.2) is 77.8 Å². The summed E-state index contributed by atoms with van der Waals surface area (Å²) in [5, 5.41) is 0.563. The molecule has 4 aromatic heterocycles. The standard InChI is InChI=1S/C30H37ClF3N3O4Si.C20H30BNO5.C16H19BrClF3N2OSi/c1-6-40-28(38)29(10-7-11-29)18-41-26-14-20(2)23(16-35-26)21-8-9-22(24(31)15-21)27-36-25(30(32,33)34)17-37(27)19-39-12-13-42(3,4)5;1-7-24-17(23)20(9-8-10-20)13-25-16-11-14(2)15(12-22-16)21-26-18(3,4)19(5,6)27-21;1-25(2,3)7-6-24-10-23-9-14(16(19,20)21)22-15(23)12-5-4-11(17)8-13(12)18/h8-9,14-17H,6-7,10-13,18-19H2,1-5H3;11-12H,7-10,13H2,1-6H3;4-5,8-9H,6-7,10H2,1-3H3. The number of alkyl halides is 6. The van der Waals surface area contributed by atoms with Crippen molar-refractivity contribution in [1.29, 1.82) is 0 Å². The van der Waals surface area contributed by atoms with Crippen molar-refractivity contribution >= 4 is 79.8 Å². The van der Waals surface area contributed by atoms with Gasteiger partial charge < -0.3 is 46.9 Å². The molecule has 0 bridgehead atoms. The number of aromatic nitrogens is 6. The third kappa shape index (κ3) is 19.7. The number of hydrogen-bond donors (Lipinski definition) is 0. The van der Waals surface area contributed by atoms with Crippen LogP contribution in [0.3, 0.4) is 0 Å². The Labute approximate surface area is 568 Å². The van der Waals surface area contributed by atoms with Crippen LogP contribution in [0.5, 0.6) is 11.8 Å². The zero-order valence-corrected chi connectivity index (χ0v) is 61.1. The number of carbonyl (C=O) groups excluding carboxylic acids is 2. The van der Waals surface area contributed by atoms with Gasteiger partial charge in [-0.3, -0.25) is 9.59 Å². The van der Waals surface area contributed by atoms with Gasteiger partial charge in [0.1, 0.15) is 49.2 Å². The van der Waals surface area contributed by atoms with E-state index in [1.807, 2.05) is 54.5 Å². The summed E-state index contributed by atoms with van der Waals surface area (Å²) < 4.78 is 129. The number of ether oxygens (including phenoxy) is 6. The van der Waals surface area contributed by atoms with Crippen LogP contribution in [0.4, 0.5) is 26.3 Å². The number of aryl methyl sites for hydroxylation is 2. The van der Waals surface area contributed by atoms with Crippen molar-refractivity contribution in [3.63, 3.8) is 0 Å². The first kappa shape index (κ1) is 76.1. The number of hydrogen-bond acceptors (Lipinski definition) is 14. The zero-order valence-electron chi connectivity index (χ0n) is 56.0. The van der Waals surface area contributed by atoms with Crippen LogP contribution in [-0.4, -0.2) is 115 Å². The first-order valence-electron chi connectivity index (χ1n) is 31.4. The Hall–Kier alpha value is -5.32. The fourth-order valence-electron chi connectivity index (χ4n) is 10.1. The minimum atomic E-state index is -4.61. The molecule has 2 saturated carbocycles. The molecule has 0 unspecified atom stereocenters. The van der Waals surface area contributed by atoms with Gasteiger partial charge in [0.2, 0.25) is 11.8 Å². The number of benzene rings is 2. The summed E-state index contributed by atoms with van der Waals surface area (Å²) in [4.78, 5) is 41.1. The van der Waals surface area contributed by atoms with Gasteiger partial charge in [0.05, 0.1) is 34.5 Å². The van der Waals surface area contributed by atoms with Crippen molar-refractivity contribution in [3.8, 4) is 45.7 Å². The molecule has 0 spiro atoms. The van der Waals surface area contributed by atoms with Gasteiger partial charge in [-0.05, 0) is 140 Å². The Balaban J connectivity index is 0.000000209. The molecule has 6 aromatic rings. The smallest absolute Gasteiger partial charge is 0.476 e. The highest BCUT2D eigenvalue weighted by Crippen LogP contribution is 2.45. The van der Waals surface area contributed by atoms with Crippen molar-refractivity contribution in [1.82, 2.24) is 29.1 Å². The maximum absolute atomic E-state index is 13.5. The monoisotopic (exact) mass is 1450 g/mol. The van der Waals surface area contributed by atoms with E-state index in [0.717, 1.165) is 95.2 Å². The molecule has 514 valence electrons. The molecular weight excluding hydrogens is 1370 g/mol. The third-order valence-corrected chi connectivity index (χ3v) is 21.6. The number of esters is 2. The van der Waals surface area contributed by atoms with Gasteiger partial charge in [-0.1, -0.05) is 97.3 Å². The van der Waals surface area contributed by atoms with Gasteiger partial charge >= 0.3 is 31.4 Å². The minimum Gasteiger partial charge on any atom is -0.476 e. The molecule has 2 aromatic carbocycles. The number of pyridine rings is 2. The first-order valence-corrected chi connectivity index (χ1v) is 40.3. The Kier molecular flexibility index (Phi) is 25.1. The topological polar surface area (TPSA) is 169 Å². The normalized spacial score (nSPS) is 16.4. The van der Waals surface area contributed by atoms with Gasteiger partial charge in [-0.15, -0.1) is 0 Å². The second kappa shape index (κ2) is 31.0. The summed E-state index contributed by atoms with van der Waals surface area (Å²) in [7, 11) is -3.08. The van der Waals surface area contributed by atoms with Crippen LogP contribution in [0, 0.1) is 24.7 Å². The van der Waals surface area contributed by atoms with Gasteiger partial charge in [0.15, 0.2) is 11.4 Å². The van der Waals surface area contributed by atoms with Crippen molar-refractivity contribution in [2.24, 2.45) is 10.8 Å². The predicted molar refractivity (Wildman–Crippen MR) is 361 cm³/mol.